The lowest BCUT2D eigenvalue weighted by atomic mass is 9.94. The van der Waals surface area contributed by atoms with Crippen molar-refractivity contribution in [1.82, 2.24) is 20.5 Å². The van der Waals surface area contributed by atoms with Gasteiger partial charge in [0.15, 0.2) is 5.82 Å². The predicted octanol–water partition coefficient (Wildman–Crippen LogP) is 1.05. The summed E-state index contributed by atoms with van der Waals surface area (Å²) in [6, 6.07) is 8.39. The minimum Gasteiger partial charge on any atom is -0.266 e. The van der Waals surface area contributed by atoms with Crippen molar-refractivity contribution in [2.45, 2.75) is 12.5 Å². The highest BCUT2D eigenvalue weighted by Gasteiger charge is 2.24. The van der Waals surface area contributed by atoms with Gasteiger partial charge in [-0.3, -0.25) is 5.10 Å². The Bertz CT molecular complexity index is 449. The molecule has 1 aliphatic rings. The third-order valence-electron chi connectivity index (χ3n) is 2.72. The van der Waals surface area contributed by atoms with Crippen molar-refractivity contribution in [3.8, 4) is 0 Å². The van der Waals surface area contributed by atoms with E-state index >= 15 is 0 Å². The van der Waals surface area contributed by atoms with E-state index in [1.807, 2.05) is 6.07 Å². The number of hydrogen-bond acceptors (Lipinski definition) is 2. The van der Waals surface area contributed by atoms with Crippen LogP contribution in [0.15, 0.2) is 30.6 Å². The van der Waals surface area contributed by atoms with Gasteiger partial charge in [-0.1, -0.05) is 24.3 Å². The zero-order chi connectivity index (χ0) is 10.1. The average molecular weight is 199 g/mol. The molecular weight excluding hydrogens is 188 g/mol. The summed E-state index contributed by atoms with van der Waals surface area (Å²) in [5, 5.41) is 11.4. The molecule has 4 nitrogen and oxygen atoms in total. The number of nitrogens with one attached hydrogen (secondary N) is 1. The monoisotopic (exact) mass is 199 g/mol. The second kappa shape index (κ2) is 3.47. The van der Waals surface area contributed by atoms with E-state index in [2.05, 4.69) is 38.7 Å². The zero-order valence-electron chi connectivity index (χ0n) is 8.22. The highest BCUT2D eigenvalue weighted by molar-refractivity contribution is 5.35. The van der Waals surface area contributed by atoms with Crippen molar-refractivity contribution in [2.24, 2.45) is 0 Å². The van der Waals surface area contributed by atoms with Crippen LogP contribution < -0.4 is 5.32 Å². The Labute approximate surface area is 87.7 Å². The molecule has 15 heavy (non-hydrogen) atoms. The first-order chi connectivity index (χ1) is 7.45. The number of nitrogens with zero attached hydrogens (tertiary/aromatic N) is 3. The lowest BCUT2D eigenvalue weighted by Gasteiger charge is -2.22. The van der Waals surface area contributed by atoms with E-state index in [9.17, 15) is 0 Å². The molecule has 75 valence electrons. The van der Waals surface area contributed by atoms with Crippen LogP contribution in [0.2, 0.25) is 0 Å². The van der Waals surface area contributed by atoms with Crippen molar-refractivity contribution in [2.75, 3.05) is 6.54 Å². The Hall–Kier alpha value is -1.68. The minimum absolute atomic E-state index is 0.0150. The average Bonchev–Trinajstić information content (AvgIpc) is 2.82. The van der Waals surface area contributed by atoms with E-state index in [1.165, 1.54) is 11.1 Å². The summed E-state index contributed by atoms with van der Waals surface area (Å²) in [7, 11) is 0. The van der Waals surface area contributed by atoms with Gasteiger partial charge in [0.25, 0.3) is 0 Å². The normalized spacial score (nSPS) is 19.9. The number of H-pyrrole nitrogens is 1. The first-order valence-corrected chi connectivity index (χ1v) is 5.05. The quantitative estimate of drug-likeness (QED) is 0.746. The van der Waals surface area contributed by atoms with Gasteiger partial charge in [0.05, 0.1) is 0 Å². The molecule has 2 aromatic rings. The van der Waals surface area contributed by atoms with Gasteiger partial charge in [-0.2, -0.15) is 5.10 Å². The Balaban J connectivity index is 2.06. The van der Waals surface area contributed by atoms with Crippen LogP contribution >= 0.6 is 0 Å². The van der Waals surface area contributed by atoms with Crippen LogP contribution in [0, 0.1) is 0 Å². The van der Waals surface area contributed by atoms with Gasteiger partial charge in [-0.05, 0) is 17.5 Å². The molecule has 3 rings (SSSR count). The maximum atomic E-state index is 4.57. The summed E-state index contributed by atoms with van der Waals surface area (Å²) in [5.74, 6) is 0.766. The summed E-state index contributed by atoms with van der Waals surface area (Å²) >= 11 is 0. The molecular formula is C11H11N4. The van der Waals surface area contributed by atoms with Gasteiger partial charge in [-0.25, -0.2) is 10.3 Å². The van der Waals surface area contributed by atoms with Crippen LogP contribution in [0.1, 0.15) is 23.0 Å². The molecule has 1 radical (unpaired) electrons. The lowest BCUT2D eigenvalue weighted by Crippen LogP contribution is -2.25. The number of hydrogen-bond donors (Lipinski definition) is 1. The summed E-state index contributed by atoms with van der Waals surface area (Å²) in [6.45, 7) is 0.857. The first kappa shape index (κ1) is 8.61. The highest BCUT2D eigenvalue weighted by atomic mass is 15.2. The van der Waals surface area contributed by atoms with Crippen LogP contribution in [0.4, 0.5) is 0 Å². The molecule has 1 N–H and O–H groups in total. The molecule has 1 atom stereocenters. The van der Waals surface area contributed by atoms with Crippen LogP contribution in [0.5, 0.6) is 0 Å². The molecule has 1 aliphatic heterocycles. The topological polar surface area (TPSA) is 55.7 Å². The summed E-state index contributed by atoms with van der Waals surface area (Å²) in [6.07, 6.45) is 2.62. The van der Waals surface area contributed by atoms with E-state index in [0.29, 0.717) is 0 Å². The van der Waals surface area contributed by atoms with Crippen molar-refractivity contribution in [1.29, 1.82) is 0 Å². The minimum atomic E-state index is 0.0150. The van der Waals surface area contributed by atoms with E-state index in [-0.39, 0.29) is 6.04 Å². The fourth-order valence-corrected chi connectivity index (χ4v) is 2.01. The second-order valence-corrected chi connectivity index (χ2v) is 3.61. The smallest absolute Gasteiger partial charge is 0.173 e. The maximum Gasteiger partial charge on any atom is 0.173 e. The molecule has 4 heteroatoms. The van der Waals surface area contributed by atoms with Gasteiger partial charge in [-0.15, -0.1) is 0 Å². The van der Waals surface area contributed by atoms with Crippen LogP contribution in [-0.2, 0) is 6.42 Å². The summed E-state index contributed by atoms with van der Waals surface area (Å²) in [4.78, 5) is 4.18. The molecule has 1 aromatic carbocycles. The fourth-order valence-electron chi connectivity index (χ4n) is 2.01. The second-order valence-electron chi connectivity index (χ2n) is 3.61. The van der Waals surface area contributed by atoms with E-state index in [1.54, 1.807) is 6.33 Å². The van der Waals surface area contributed by atoms with Crippen LogP contribution in [0.3, 0.4) is 0 Å². The highest BCUT2D eigenvalue weighted by Crippen LogP contribution is 2.26. The maximum absolute atomic E-state index is 4.57. The number of benzene rings is 1. The Morgan fingerprint density at radius 3 is 3.07 bits per heavy atom. The summed E-state index contributed by atoms with van der Waals surface area (Å²) < 4.78 is 0. The van der Waals surface area contributed by atoms with Gasteiger partial charge in [0.2, 0.25) is 0 Å². The number of aromatic amines is 1. The third-order valence-corrected chi connectivity index (χ3v) is 2.72. The lowest BCUT2D eigenvalue weighted by molar-refractivity contribution is 0.533. The Kier molecular flexibility index (Phi) is 1.99. The van der Waals surface area contributed by atoms with Crippen molar-refractivity contribution >= 4 is 0 Å². The van der Waals surface area contributed by atoms with Gasteiger partial charge in [0, 0.05) is 6.54 Å². The first-order valence-electron chi connectivity index (χ1n) is 5.05. The molecule has 2 heterocycles. The van der Waals surface area contributed by atoms with Crippen molar-refractivity contribution in [3.05, 3.63) is 47.5 Å². The number of fused-ring (bicyclic) bond motifs is 1. The largest absolute Gasteiger partial charge is 0.266 e. The van der Waals surface area contributed by atoms with Crippen LogP contribution in [-0.4, -0.2) is 21.7 Å². The Morgan fingerprint density at radius 1 is 1.27 bits per heavy atom. The van der Waals surface area contributed by atoms with E-state index in [4.69, 9.17) is 0 Å². The van der Waals surface area contributed by atoms with Gasteiger partial charge in [0.1, 0.15) is 12.4 Å². The molecule has 0 spiro atoms. The van der Waals surface area contributed by atoms with Crippen molar-refractivity contribution in [3.63, 3.8) is 0 Å². The number of rotatable bonds is 1. The molecule has 0 fully saturated rings. The fraction of sp³-hybridized carbons (Fsp3) is 0.273. The third kappa shape index (κ3) is 1.43. The van der Waals surface area contributed by atoms with Crippen molar-refractivity contribution < 1.29 is 0 Å². The van der Waals surface area contributed by atoms with E-state index in [0.717, 1.165) is 18.8 Å². The zero-order valence-corrected chi connectivity index (χ0v) is 8.22. The molecule has 1 aromatic heterocycles. The van der Waals surface area contributed by atoms with Crippen LogP contribution in [0.25, 0.3) is 0 Å². The Morgan fingerprint density at radius 2 is 2.20 bits per heavy atom. The molecule has 0 aliphatic carbocycles. The standard InChI is InChI=1S/C11H11N4/c1-2-4-9-8(3-1)5-6-12-10(9)11-13-7-14-15-11/h1-4,7,10H,5-6H2,(H,13,14,15). The molecule has 0 saturated heterocycles. The van der Waals surface area contributed by atoms with E-state index < -0.39 is 0 Å². The number of aromatic nitrogens is 3. The molecule has 1 unspecified atom stereocenters. The molecule has 0 amide bonds. The molecule has 0 saturated carbocycles. The SMILES string of the molecule is c1ccc2c(c1)CC[N]C2c1nc[nH]n1. The van der Waals surface area contributed by atoms with Gasteiger partial charge >= 0.3 is 0 Å². The molecule has 0 bridgehead atoms. The summed E-state index contributed by atoms with van der Waals surface area (Å²) in [5.41, 5.74) is 2.60. The predicted molar refractivity (Wildman–Crippen MR) is 55.4 cm³/mol. The van der Waals surface area contributed by atoms with Gasteiger partial charge < -0.3 is 0 Å².